The second-order valence-electron chi connectivity index (χ2n) is 6.61. The van der Waals surface area contributed by atoms with Crippen LogP contribution in [0.5, 0.6) is 0 Å². The highest BCUT2D eigenvalue weighted by Crippen LogP contribution is 2.29. The van der Waals surface area contributed by atoms with Gasteiger partial charge in [-0.15, -0.1) is 10.2 Å². The molecule has 2 aromatic carbocycles. The lowest BCUT2D eigenvalue weighted by Gasteiger charge is -2.11. The number of halogens is 2. The molecule has 156 valence electrons. The highest BCUT2D eigenvalue weighted by Gasteiger charge is 2.18. The first-order chi connectivity index (χ1) is 15.0. The van der Waals surface area contributed by atoms with E-state index in [-0.39, 0.29) is 11.7 Å². The van der Waals surface area contributed by atoms with Gasteiger partial charge in [0, 0.05) is 39.4 Å². The number of thioether (sulfide) groups is 1. The summed E-state index contributed by atoms with van der Waals surface area (Å²) in [6, 6.07) is 16.5. The Bertz CT molecular complexity index is 1210. The van der Waals surface area contributed by atoms with Crippen molar-refractivity contribution in [3.05, 3.63) is 82.6 Å². The highest BCUT2D eigenvalue weighted by molar-refractivity contribution is 7.99. The fraction of sp³-hybridized carbons (Fsp3) is 0.0909. The molecule has 6 nitrogen and oxygen atoms in total. The number of hydrogen-bond acceptors (Lipinski definition) is 5. The molecule has 0 unspecified atom stereocenters. The van der Waals surface area contributed by atoms with E-state index in [9.17, 15) is 4.79 Å². The predicted molar refractivity (Wildman–Crippen MR) is 125 cm³/mol. The topological polar surface area (TPSA) is 72.7 Å². The molecular weight excluding hydrogens is 453 g/mol. The minimum atomic E-state index is -0.163. The molecule has 0 spiro atoms. The van der Waals surface area contributed by atoms with Gasteiger partial charge in [0.05, 0.1) is 5.75 Å². The molecule has 9 heteroatoms. The predicted octanol–water partition coefficient (Wildman–Crippen LogP) is 5.68. The SMILES string of the molecule is Cc1c(Cl)cccc1NC(=O)CSc1nnc(-c2cccnc2)n1-c1ccc(Cl)cc1. The van der Waals surface area contributed by atoms with Gasteiger partial charge < -0.3 is 5.32 Å². The minimum absolute atomic E-state index is 0.157. The maximum absolute atomic E-state index is 12.6. The Kier molecular flexibility index (Phi) is 6.56. The van der Waals surface area contributed by atoms with E-state index in [4.69, 9.17) is 23.2 Å². The number of carbonyl (C=O) groups is 1. The minimum Gasteiger partial charge on any atom is -0.325 e. The Morgan fingerprint density at radius 3 is 2.61 bits per heavy atom. The summed E-state index contributed by atoms with van der Waals surface area (Å²) in [7, 11) is 0. The summed E-state index contributed by atoms with van der Waals surface area (Å²) < 4.78 is 1.88. The fourth-order valence-corrected chi connectivity index (χ4v) is 3.98. The van der Waals surface area contributed by atoms with E-state index >= 15 is 0 Å². The number of rotatable bonds is 6. The van der Waals surface area contributed by atoms with E-state index in [1.165, 1.54) is 11.8 Å². The van der Waals surface area contributed by atoms with E-state index in [0.717, 1.165) is 16.8 Å². The lowest BCUT2D eigenvalue weighted by Crippen LogP contribution is -2.15. The number of hydrogen-bond donors (Lipinski definition) is 1. The van der Waals surface area contributed by atoms with Crippen molar-refractivity contribution in [2.45, 2.75) is 12.1 Å². The lowest BCUT2D eigenvalue weighted by molar-refractivity contribution is -0.113. The van der Waals surface area contributed by atoms with Crippen LogP contribution < -0.4 is 5.32 Å². The summed E-state index contributed by atoms with van der Waals surface area (Å²) in [6.07, 6.45) is 3.42. The van der Waals surface area contributed by atoms with Gasteiger partial charge in [0.25, 0.3) is 0 Å². The first-order valence-corrected chi connectivity index (χ1v) is 11.1. The van der Waals surface area contributed by atoms with E-state index in [1.54, 1.807) is 36.7 Å². The van der Waals surface area contributed by atoms with Crippen molar-refractivity contribution < 1.29 is 4.79 Å². The van der Waals surface area contributed by atoms with E-state index < -0.39 is 0 Å². The van der Waals surface area contributed by atoms with Gasteiger partial charge in [0.2, 0.25) is 5.91 Å². The number of benzene rings is 2. The molecule has 0 aliphatic heterocycles. The summed E-state index contributed by atoms with van der Waals surface area (Å²) >= 11 is 13.5. The van der Waals surface area contributed by atoms with E-state index in [2.05, 4.69) is 20.5 Å². The second-order valence-corrected chi connectivity index (χ2v) is 8.40. The third-order valence-corrected chi connectivity index (χ3v) is 6.10. The smallest absolute Gasteiger partial charge is 0.234 e. The molecule has 1 N–H and O–H groups in total. The van der Waals surface area contributed by atoms with Crippen LogP contribution in [0.25, 0.3) is 17.1 Å². The zero-order valence-corrected chi connectivity index (χ0v) is 18.7. The van der Waals surface area contributed by atoms with Crippen LogP contribution in [0.3, 0.4) is 0 Å². The van der Waals surface area contributed by atoms with Crippen molar-refractivity contribution >= 4 is 46.6 Å². The van der Waals surface area contributed by atoms with Crippen molar-refractivity contribution in [1.29, 1.82) is 0 Å². The van der Waals surface area contributed by atoms with Crippen molar-refractivity contribution in [2.75, 3.05) is 11.1 Å². The van der Waals surface area contributed by atoms with Crippen LogP contribution in [0.4, 0.5) is 5.69 Å². The van der Waals surface area contributed by atoms with Gasteiger partial charge in [-0.05, 0) is 61.0 Å². The Labute approximate surface area is 193 Å². The van der Waals surface area contributed by atoms with Gasteiger partial charge in [-0.3, -0.25) is 14.3 Å². The number of carbonyl (C=O) groups excluding carboxylic acids is 1. The third kappa shape index (κ3) is 4.90. The maximum Gasteiger partial charge on any atom is 0.234 e. The van der Waals surface area contributed by atoms with E-state index in [0.29, 0.717) is 26.7 Å². The van der Waals surface area contributed by atoms with Gasteiger partial charge in [-0.25, -0.2) is 0 Å². The van der Waals surface area contributed by atoms with Crippen LogP contribution in [0.15, 0.2) is 72.1 Å². The number of nitrogens with zero attached hydrogens (tertiary/aromatic N) is 4. The molecule has 4 rings (SSSR count). The van der Waals surface area contributed by atoms with Crippen LogP contribution >= 0.6 is 35.0 Å². The van der Waals surface area contributed by atoms with Gasteiger partial charge in [0.15, 0.2) is 11.0 Å². The molecule has 2 aromatic heterocycles. The van der Waals surface area contributed by atoms with Crippen molar-refractivity contribution in [3.8, 4) is 17.1 Å². The van der Waals surface area contributed by atoms with Crippen molar-refractivity contribution in [3.63, 3.8) is 0 Å². The Morgan fingerprint density at radius 2 is 1.87 bits per heavy atom. The molecule has 0 fully saturated rings. The summed E-state index contributed by atoms with van der Waals surface area (Å²) in [4.78, 5) is 16.7. The average Bonchev–Trinajstić information content (AvgIpc) is 3.21. The largest absolute Gasteiger partial charge is 0.325 e. The van der Waals surface area contributed by atoms with Gasteiger partial charge >= 0.3 is 0 Å². The van der Waals surface area contributed by atoms with Crippen LogP contribution in [-0.2, 0) is 4.79 Å². The molecule has 0 radical (unpaired) electrons. The summed E-state index contributed by atoms with van der Waals surface area (Å²) in [5.41, 5.74) is 3.16. The fourth-order valence-electron chi connectivity index (χ4n) is 2.93. The van der Waals surface area contributed by atoms with Crippen LogP contribution in [0.2, 0.25) is 10.0 Å². The highest BCUT2D eigenvalue weighted by atomic mass is 35.5. The van der Waals surface area contributed by atoms with Gasteiger partial charge in [-0.1, -0.05) is 41.0 Å². The Hall–Kier alpha value is -2.87. The molecule has 1 amide bonds. The Morgan fingerprint density at radius 1 is 1.06 bits per heavy atom. The normalized spacial score (nSPS) is 10.8. The molecule has 0 aliphatic rings. The van der Waals surface area contributed by atoms with Crippen molar-refractivity contribution in [1.82, 2.24) is 19.7 Å². The quantitative estimate of drug-likeness (QED) is 0.368. The standard InChI is InChI=1S/C22H17Cl2N5OS/c1-14-18(24)5-2-6-19(14)26-20(30)13-31-22-28-27-21(15-4-3-11-25-12-15)29(22)17-9-7-16(23)8-10-17/h2-12H,13H2,1H3,(H,26,30). The Balaban J connectivity index is 1.59. The molecular formula is C22H17Cl2N5OS. The molecule has 31 heavy (non-hydrogen) atoms. The molecule has 0 saturated heterocycles. The first-order valence-electron chi connectivity index (χ1n) is 9.32. The molecule has 0 atom stereocenters. The molecule has 0 saturated carbocycles. The molecule has 0 bridgehead atoms. The zero-order valence-electron chi connectivity index (χ0n) is 16.4. The third-order valence-electron chi connectivity index (χ3n) is 4.51. The van der Waals surface area contributed by atoms with Crippen LogP contribution in [0, 0.1) is 6.92 Å². The second kappa shape index (κ2) is 9.51. The van der Waals surface area contributed by atoms with Crippen molar-refractivity contribution in [2.24, 2.45) is 0 Å². The molecule has 4 aromatic rings. The lowest BCUT2D eigenvalue weighted by atomic mass is 10.2. The summed E-state index contributed by atoms with van der Waals surface area (Å²) in [5.74, 6) is 0.623. The van der Waals surface area contributed by atoms with Crippen LogP contribution in [0.1, 0.15) is 5.56 Å². The number of anilines is 1. The number of aromatic nitrogens is 4. The van der Waals surface area contributed by atoms with E-state index in [1.807, 2.05) is 41.8 Å². The van der Waals surface area contributed by atoms with Gasteiger partial charge in [0.1, 0.15) is 0 Å². The number of nitrogens with one attached hydrogen (secondary N) is 1. The monoisotopic (exact) mass is 469 g/mol. The number of pyridine rings is 1. The zero-order chi connectivity index (χ0) is 21.8. The molecule has 0 aliphatic carbocycles. The average molecular weight is 470 g/mol. The maximum atomic E-state index is 12.6. The number of amides is 1. The van der Waals surface area contributed by atoms with Gasteiger partial charge in [-0.2, -0.15) is 0 Å². The molecule has 2 heterocycles. The van der Waals surface area contributed by atoms with Crippen LogP contribution in [-0.4, -0.2) is 31.4 Å². The summed E-state index contributed by atoms with van der Waals surface area (Å²) in [6.45, 7) is 1.86. The summed E-state index contributed by atoms with van der Waals surface area (Å²) in [5, 5.41) is 13.4. The first kappa shape index (κ1) is 21.4.